The monoisotopic (exact) mass is 269 g/mol. The SMILES string of the molecule is CNCC1CCCCC1Cc1ccc(F)cc1Cl. The van der Waals surface area contributed by atoms with E-state index in [2.05, 4.69) is 5.32 Å². The first-order valence-corrected chi connectivity index (χ1v) is 7.17. The molecule has 2 unspecified atom stereocenters. The Morgan fingerprint density at radius 1 is 1.28 bits per heavy atom. The van der Waals surface area contributed by atoms with Gasteiger partial charge in [0.1, 0.15) is 5.82 Å². The molecule has 1 fully saturated rings. The Morgan fingerprint density at radius 2 is 2.00 bits per heavy atom. The number of benzene rings is 1. The zero-order valence-corrected chi connectivity index (χ0v) is 11.6. The molecule has 2 rings (SSSR count). The molecule has 0 aromatic heterocycles. The van der Waals surface area contributed by atoms with Gasteiger partial charge in [-0.1, -0.05) is 30.5 Å². The van der Waals surface area contributed by atoms with Gasteiger partial charge in [0.2, 0.25) is 0 Å². The lowest BCUT2D eigenvalue weighted by Crippen LogP contribution is -2.30. The van der Waals surface area contributed by atoms with Crippen molar-refractivity contribution in [3.8, 4) is 0 Å². The summed E-state index contributed by atoms with van der Waals surface area (Å²) in [6, 6.07) is 4.77. The Bertz CT molecular complexity index is 392. The molecule has 1 saturated carbocycles. The van der Waals surface area contributed by atoms with Crippen LogP contribution in [0.4, 0.5) is 4.39 Å². The molecular weight excluding hydrogens is 249 g/mol. The molecule has 0 amide bonds. The van der Waals surface area contributed by atoms with Crippen LogP contribution in [-0.4, -0.2) is 13.6 Å². The van der Waals surface area contributed by atoms with Crippen molar-refractivity contribution >= 4 is 11.6 Å². The van der Waals surface area contributed by atoms with Gasteiger partial charge in [0.25, 0.3) is 0 Å². The van der Waals surface area contributed by atoms with Gasteiger partial charge in [0.15, 0.2) is 0 Å². The van der Waals surface area contributed by atoms with E-state index >= 15 is 0 Å². The topological polar surface area (TPSA) is 12.0 Å². The van der Waals surface area contributed by atoms with Crippen LogP contribution in [0.3, 0.4) is 0 Å². The molecule has 0 aliphatic heterocycles. The van der Waals surface area contributed by atoms with Crippen molar-refractivity contribution < 1.29 is 4.39 Å². The van der Waals surface area contributed by atoms with Crippen molar-refractivity contribution in [2.75, 3.05) is 13.6 Å². The highest BCUT2D eigenvalue weighted by Gasteiger charge is 2.25. The third-order valence-corrected chi connectivity index (χ3v) is 4.38. The van der Waals surface area contributed by atoms with Gasteiger partial charge in [0, 0.05) is 5.02 Å². The van der Waals surface area contributed by atoms with E-state index in [9.17, 15) is 4.39 Å². The third-order valence-electron chi connectivity index (χ3n) is 4.03. The van der Waals surface area contributed by atoms with Crippen molar-refractivity contribution in [1.82, 2.24) is 5.32 Å². The maximum Gasteiger partial charge on any atom is 0.124 e. The van der Waals surface area contributed by atoms with Crippen LogP contribution in [0.5, 0.6) is 0 Å². The Morgan fingerprint density at radius 3 is 2.67 bits per heavy atom. The first-order chi connectivity index (χ1) is 8.70. The molecule has 0 bridgehead atoms. The van der Waals surface area contributed by atoms with Gasteiger partial charge in [-0.15, -0.1) is 0 Å². The smallest absolute Gasteiger partial charge is 0.124 e. The minimum Gasteiger partial charge on any atom is -0.319 e. The van der Waals surface area contributed by atoms with Crippen molar-refractivity contribution in [3.05, 3.63) is 34.6 Å². The van der Waals surface area contributed by atoms with E-state index in [1.165, 1.54) is 37.8 Å². The highest BCUT2D eigenvalue weighted by Crippen LogP contribution is 2.33. The average molecular weight is 270 g/mol. The number of halogens is 2. The van der Waals surface area contributed by atoms with Crippen LogP contribution in [0.15, 0.2) is 18.2 Å². The van der Waals surface area contributed by atoms with Crippen LogP contribution >= 0.6 is 11.6 Å². The van der Waals surface area contributed by atoms with Crippen molar-refractivity contribution in [2.24, 2.45) is 11.8 Å². The molecule has 2 atom stereocenters. The van der Waals surface area contributed by atoms with E-state index in [4.69, 9.17) is 11.6 Å². The van der Waals surface area contributed by atoms with Gasteiger partial charge in [-0.05, 0) is 62.4 Å². The second-order valence-electron chi connectivity index (χ2n) is 5.30. The highest BCUT2D eigenvalue weighted by molar-refractivity contribution is 6.31. The molecule has 1 N–H and O–H groups in total. The number of hydrogen-bond acceptors (Lipinski definition) is 1. The van der Waals surface area contributed by atoms with E-state index < -0.39 is 0 Å². The van der Waals surface area contributed by atoms with Crippen molar-refractivity contribution in [2.45, 2.75) is 32.1 Å². The van der Waals surface area contributed by atoms with Crippen LogP contribution in [0, 0.1) is 17.7 Å². The molecule has 1 aromatic carbocycles. The summed E-state index contributed by atoms with van der Waals surface area (Å²) in [5.41, 5.74) is 1.09. The second-order valence-corrected chi connectivity index (χ2v) is 5.71. The normalized spacial score (nSPS) is 24.2. The average Bonchev–Trinajstić information content (AvgIpc) is 2.35. The van der Waals surface area contributed by atoms with Crippen LogP contribution in [0.25, 0.3) is 0 Å². The number of rotatable bonds is 4. The fourth-order valence-electron chi connectivity index (χ4n) is 3.05. The van der Waals surface area contributed by atoms with E-state index in [0.29, 0.717) is 10.9 Å². The number of nitrogens with one attached hydrogen (secondary N) is 1. The fourth-order valence-corrected chi connectivity index (χ4v) is 3.30. The molecule has 3 heteroatoms. The molecule has 1 aromatic rings. The molecular formula is C15H21ClFN. The highest BCUT2D eigenvalue weighted by atomic mass is 35.5. The molecule has 1 aliphatic rings. The Hall–Kier alpha value is -0.600. The predicted octanol–water partition coefficient (Wildman–Crippen LogP) is 4.05. The first-order valence-electron chi connectivity index (χ1n) is 6.79. The van der Waals surface area contributed by atoms with Gasteiger partial charge in [-0.3, -0.25) is 0 Å². The first kappa shape index (κ1) is 13.8. The molecule has 1 aliphatic carbocycles. The largest absolute Gasteiger partial charge is 0.319 e. The summed E-state index contributed by atoms with van der Waals surface area (Å²) in [4.78, 5) is 0. The van der Waals surface area contributed by atoms with Crippen LogP contribution < -0.4 is 5.32 Å². The standard InChI is InChI=1S/C15H21ClFN/c1-18-10-13-5-3-2-4-11(13)8-12-6-7-14(17)9-15(12)16/h6-7,9,11,13,18H,2-5,8,10H2,1H3. The molecule has 100 valence electrons. The summed E-state index contributed by atoms with van der Waals surface area (Å²) in [5.74, 6) is 1.15. The third kappa shape index (κ3) is 3.46. The predicted molar refractivity (Wildman–Crippen MR) is 74.5 cm³/mol. The van der Waals surface area contributed by atoms with Crippen LogP contribution in [0.2, 0.25) is 5.02 Å². The minimum atomic E-state index is -0.251. The molecule has 1 nitrogen and oxygen atoms in total. The lowest BCUT2D eigenvalue weighted by atomic mass is 9.76. The van der Waals surface area contributed by atoms with Crippen molar-refractivity contribution in [3.63, 3.8) is 0 Å². The van der Waals surface area contributed by atoms with Crippen molar-refractivity contribution in [1.29, 1.82) is 0 Å². The van der Waals surface area contributed by atoms with E-state index in [0.717, 1.165) is 24.4 Å². The van der Waals surface area contributed by atoms with Gasteiger partial charge in [0.05, 0.1) is 0 Å². The summed E-state index contributed by atoms with van der Waals surface area (Å²) in [7, 11) is 2.01. The minimum absolute atomic E-state index is 0.251. The van der Waals surface area contributed by atoms with Gasteiger partial charge in [-0.2, -0.15) is 0 Å². The Labute approximate surface area is 114 Å². The molecule has 0 saturated heterocycles. The lowest BCUT2D eigenvalue weighted by molar-refractivity contribution is 0.232. The summed E-state index contributed by atoms with van der Waals surface area (Å²) >= 11 is 6.12. The van der Waals surface area contributed by atoms with Crippen LogP contribution in [-0.2, 0) is 6.42 Å². The molecule has 0 spiro atoms. The van der Waals surface area contributed by atoms with Gasteiger partial charge < -0.3 is 5.32 Å². The maximum atomic E-state index is 13.0. The van der Waals surface area contributed by atoms with Gasteiger partial charge >= 0.3 is 0 Å². The Balaban J connectivity index is 2.06. The molecule has 0 radical (unpaired) electrons. The van der Waals surface area contributed by atoms with Gasteiger partial charge in [-0.25, -0.2) is 4.39 Å². The Kier molecular flexibility index (Phi) is 5.02. The zero-order valence-electron chi connectivity index (χ0n) is 10.9. The second kappa shape index (κ2) is 6.53. The van der Waals surface area contributed by atoms with E-state index in [1.54, 1.807) is 0 Å². The molecule has 0 heterocycles. The summed E-state index contributed by atoms with van der Waals surface area (Å²) in [5, 5.41) is 3.86. The summed E-state index contributed by atoms with van der Waals surface area (Å²) < 4.78 is 13.0. The zero-order chi connectivity index (χ0) is 13.0. The molecule has 18 heavy (non-hydrogen) atoms. The number of hydrogen-bond donors (Lipinski definition) is 1. The lowest BCUT2D eigenvalue weighted by Gasteiger charge is -2.31. The quantitative estimate of drug-likeness (QED) is 0.870. The fraction of sp³-hybridized carbons (Fsp3) is 0.600. The maximum absolute atomic E-state index is 13.0. The summed E-state index contributed by atoms with van der Waals surface area (Å²) in [6.07, 6.45) is 6.18. The van der Waals surface area contributed by atoms with Crippen LogP contribution in [0.1, 0.15) is 31.2 Å². The summed E-state index contributed by atoms with van der Waals surface area (Å²) in [6.45, 7) is 1.07. The van der Waals surface area contributed by atoms with E-state index in [-0.39, 0.29) is 5.82 Å². The van der Waals surface area contributed by atoms with E-state index in [1.807, 2.05) is 13.1 Å².